The van der Waals surface area contributed by atoms with Gasteiger partial charge in [0, 0.05) is 21.7 Å². The molecule has 2 rings (SSSR count). The molecule has 0 aliphatic heterocycles. The second-order valence-electron chi connectivity index (χ2n) is 6.48. The second kappa shape index (κ2) is 8.72. The van der Waals surface area contributed by atoms with Gasteiger partial charge in [-0.15, -0.1) is 0 Å². The Kier molecular flexibility index (Phi) is 6.93. The normalized spacial score (nSPS) is 23.6. The molecule has 1 fully saturated rings. The van der Waals surface area contributed by atoms with Crippen LogP contribution in [0.4, 0.5) is 0 Å². The number of nitrogens with one attached hydrogen (secondary N) is 1. The molecule has 24 heavy (non-hydrogen) atoms. The number of esters is 1. The molecule has 6 heteroatoms. The summed E-state index contributed by atoms with van der Waals surface area (Å²) in [5.74, 6) is 0.235. The molecular formula is C18H23Cl2NO3. The third-order valence-electron chi connectivity index (χ3n) is 4.80. The Labute approximate surface area is 152 Å². The summed E-state index contributed by atoms with van der Waals surface area (Å²) in [4.78, 5) is 23.9. The molecule has 1 amide bonds. The summed E-state index contributed by atoms with van der Waals surface area (Å²) in [6.45, 7) is 4.08. The zero-order chi connectivity index (χ0) is 17.7. The number of carbonyl (C=O) groups is 2. The molecule has 1 aromatic carbocycles. The van der Waals surface area contributed by atoms with Crippen molar-refractivity contribution in [2.45, 2.75) is 45.6 Å². The predicted octanol–water partition coefficient (Wildman–Crippen LogP) is 4.02. The lowest BCUT2D eigenvalue weighted by molar-refractivity contribution is -0.148. The largest absolute Gasteiger partial charge is 0.455 e. The van der Waals surface area contributed by atoms with E-state index < -0.39 is 5.97 Å². The highest BCUT2D eigenvalue weighted by molar-refractivity contribution is 6.36. The lowest BCUT2D eigenvalue weighted by Crippen LogP contribution is -2.45. The van der Waals surface area contributed by atoms with Crippen LogP contribution in [0.3, 0.4) is 0 Å². The highest BCUT2D eigenvalue weighted by Crippen LogP contribution is 2.29. The summed E-state index contributed by atoms with van der Waals surface area (Å²) in [7, 11) is 0. The van der Waals surface area contributed by atoms with Gasteiger partial charge in [0.05, 0.1) is 6.42 Å². The minimum atomic E-state index is -0.523. The van der Waals surface area contributed by atoms with Gasteiger partial charge in [-0.3, -0.25) is 9.59 Å². The molecular weight excluding hydrogens is 349 g/mol. The molecule has 0 bridgehead atoms. The Morgan fingerprint density at radius 1 is 1.21 bits per heavy atom. The average Bonchev–Trinajstić information content (AvgIpc) is 2.53. The molecule has 0 saturated heterocycles. The first kappa shape index (κ1) is 19.1. The van der Waals surface area contributed by atoms with Crippen molar-refractivity contribution < 1.29 is 14.3 Å². The maximum Gasteiger partial charge on any atom is 0.310 e. The van der Waals surface area contributed by atoms with Gasteiger partial charge < -0.3 is 10.1 Å². The van der Waals surface area contributed by atoms with Gasteiger partial charge >= 0.3 is 5.97 Å². The van der Waals surface area contributed by atoms with Gasteiger partial charge in [0.25, 0.3) is 5.91 Å². The lowest BCUT2D eigenvalue weighted by Gasteiger charge is -2.34. The Balaban J connectivity index is 1.80. The van der Waals surface area contributed by atoms with E-state index in [0.29, 0.717) is 27.4 Å². The van der Waals surface area contributed by atoms with E-state index in [0.717, 1.165) is 12.8 Å². The SMILES string of the molecule is C[C@H]1[C@@H](NC(=O)COC(=O)Cc2c(Cl)cccc2Cl)CCC[C@@H]1C. The molecule has 1 saturated carbocycles. The Hall–Kier alpha value is -1.26. The molecule has 1 aliphatic rings. The van der Waals surface area contributed by atoms with Crippen LogP contribution >= 0.6 is 23.2 Å². The monoisotopic (exact) mass is 371 g/mol. The topological polar surface area (TPSA) is 55.4 Å². The lowest BCUT2D eigenvalue weighted by atomic mass is 9.78. The van der Waals surface area contributed by atoms with Crippen molar-refractivity contribution in [1.82, 2.24) is 5.32 Å². The van der Waals surface area contributed by atoms with Crippen LogP contribution in [0.2, 0.25) is 10.0 Å². The van der Waals surface area contributed by atoms with E-state index in [2.05, 4.69) is 19.2 Å². The van der Waals surface area contributed by atoms with Crippen molar-refractivity contribution in [3.63, 3.8) is 0 Å². The van der Waals surface area contributed by atoms with Gasteiger partial charge in [0.15, 0.2) is 6.61 Å². The predicted molar refractivity (Wildman–Crippen MR) is 95.2 cm³/mol. The summed E-state index contributed by atoms with van der Waals surface area (Å²) in [6, 6.07) is 5.18. The molecule has 0 heterocycles. The van der Waals surface area contributed by atoms with Crippen molar-refractivity contribution >= 4 is 35.1 Å². The van der Waals surface area contributed by atoms with Gasteiger partial charge in [-0.05, 0) is 30.4 Å². The molecule has 3 atom stereocenters. The van der Waals surface area contributed by atoms with Crippen molar-refractivity contribution in [2.75, 3.05) is 6.61 Å². The zero-order valence-electron chi connectivity index (χ0n) is 14.0. The Morgan fingerprint density at radius 2 is 1.88 bits per heavy atom. The number of carbonyl (C=O) groups excluding carboxylic acids is 2. The summed E-state index contributed by atoms with van der Waals surface area (Å²) in [5.41, 5.74) is 0.515. The summed E-state index contributed by atoms with van der Waals surface area (Å²) >= 11 is 12.0. The number of hydrogen-bond donors (Lipinski definition) is 1. The maximum atomic E-state index is 12.0. The molecule has 4 nitrogen and oxygen atoms in total. The van der Waals surface area contributed by atoms with Crippen molar-refractivity contribution in [3.05, 3.63) is 33.8 Å². The van der Waals surface area contributed by atoms with Gasteiger partial charge in [-0.25, -0.2) is 0 Å². The second-order valence-corrected chi connectivity index (χ2v) is 7.29. The van der Waals surface area contributed by atoms with Crippen LogP contribution in [0.5, 0.6) is 0 Å². The van der Waals surface area contributed by atoms with Crippen LogP contribution in [-0.2, 0) is 20.7 Å². The quantitative estimate of drug-likeness (QED) is 0.795. The van der Waals surface area contributed by atoms with E-state index in [9.17, 15) is 9.59 Å². The standard InChI is InChI=1S/C18H23Cl2NO3/c1-11-5-3-8-16(12(11)2)21-17(22)10-24-18(23)9-13-14(19)6-4-7-15(13)20/h4,6-7,11-12,16H,3,5,8-10H2,1-2H3,(H,21,22)/t11-,12+,16-/m0/s1. The van der Waals surface area contributed by atoms with E-state index in [4.69, 9.17) is 27.9 Å². The van der Waals surface area contributed by atoms with Crippen LogP contribution in [0.15, 0.2) is 18.2 Å². The van der Waals surface area contributed by atoms with Gasteiger partial charge in [-0.1, -0.05) is 56.0 Å². The number of rotatable bonds is 5. The van der Waals surface area contributed by atoms with E-state index in [1.165, 1.54) is 6.42 Å². The third-order valence-corrected chi connectivity index (χ3v) is 5.51. The number of hydrogen-bond acceptors (Lipinski definition) is 3. The smallest absolute Gasteiger partial charge is 0.310 e. The number of ether oxygens (including phenoxy) is 1. The highest BCUT2D eigenvalue weighted by atomic mass is 35.5. The fourth-order valence-corrected chi connectivity index (χ4v) is 3.61. The summed E-state index contributed by atoms with van der Waals surface area (Å²) < 4.78 is 5.05. The first-order valence-corrected chi connectivity index (χ1v) is 9.02. The molecule has 132 valence electrons. The minimum Gasteiger partial charge on any atom is -0.455 e. The molecule has 0 spiro atoms. The number of halogens is 2. The minimum absolute atomic E-state index is 0.0529. The highest BCUT2D eigenvalue weighted by Gasteiger charge is 2.28. The van der Waals surface area contributed by atoms with Crippen LogP contribution < -0.4 is 5.32 Å². The fourth-order valence-electron chi connectivity index (χ4n) is 3.08. The summed E-state index contributed by atoms with van der Waals surface area (Å²) in [5, 5.41) is 3.79. The van der Waals surface area contributed by atoms with E-state index in [1.807, 2.05) is 0 Å². The molecule has 1 aliphatic carbocycles. The Bertz CT molecular complexity index is 586. The van der Waals surface area contributed by atoms with Crippen molar-refractivity contribution in [1.29, 1.82) is 0 Å². The van der Waals surface area contributed by atoms with Crippen LogP contribution in [0, 0.1) is 11.8 Å². The van der Waals surface area contributed by atoms with Crippen LogP contribution in [0.25, 0.3) is 0 Å². The summed E-state index contributed by atoms with van der Waals surface area (Å²) in [6.07, 6.45) is 3.23. The zero-order valence-corrected chi connectivity index (χ0v) is 15.5. The van der Waals surface area contributed by atoms with Crippen LogP contribution in [-0.4, -0.2) is 24.5 Å². The van der Waals surface area contributed by atoms with Gasteiger partial charge in [-0.2, -0.15) is 0 Å². The van der Waals surface area contributed by atoms with E-state index in [1.54, 1.807) is 18.2 Å². The van der Waals surface area contributed by atoms with Crippen LogP contribution in [0.1, 0.15) is 38.7 Å². The molecule has 0 unspecified atom stereocenters. The van der Waals surface area contributed by atoms with Gasteiger partial charge in [0.2, 0.25) is 0 Å². The molecule has 0 aromatic heterocycles. The molecule has 1 aromatic rings. The van der Waals surface area contributed by atoms with Crippen molar-refractivity contribution in [2.24, 2.45) is 11.8 Å². The Morgan fingerprint density at radius 3 is 2.54 bits per heavy atom. The molecule has 1 N–H and O–H groups in total. The maximum absolute atomic E-state index is 12.0. The number of benzene rings is 1. The average molecular weight is 372 g/mol. The first-order valence-electron chi connectivity index (χ1n) is 8.26. The first-order chi connectivity index (χ1) is 11.4. The van der Waals surface area contributed by atoms with Crippen molar-refractivity contribution in [3.8, 4) is 0 Å². The molecule has 0 radical (unpaired) electrons. The van der Waals surface area contributed by atoms with E-state index >= 15 is 0 Å². The van der Waals surface area contributed by atoms with Gasteiger partial charge in [0.1, 0.15) is 0 Å². The number of amides is 1. The third kappa shape index (κ3) is 5.12. The fraction of sp³-hybridized carbons (Fsp3) is 0.556. The van der Waals surface area contributed by atoms with E-state index in [-0.39, 0.29) is 25.0 Å².